The monoisotopic (exact) mass is 353 g/mol. The van der Waals surface area contributed by atoms with E-state index in [0.29, 0.717) is 4.57 Å². The Bertz CT molecular complexity index is 933. The summed E-state index contributed by atoms with van der Waals surface area (Å²) >= 11 is 0. The van der Waals surface area contributed by atoms with Crippen LogP contribution in [0.4, 0.5) is 4.39 Å². The van der Waals surface area contributed by atoms with Gasteiger partial charge in [0, 0.05) is 11.1 Å². The van der Waals surface area contributed by atoms with Crippen molar-refractivity contribution in [1.29, 1.82) is 0 Å². The zero-order valence-electron chi connectivity index (χ0n) is 12.4. The topological polar surface area (TPSA) is 166 Å². The highest BCUT2D eigenvalue weighted by molar-refractivity contribution is 5.54. The van der Waals surface area contributed by atoms with Crippen molar-refractivity contribution in [3.63, 3.8) is 0 Å². The lowest BCUT2D eigenvalue weighted by atomic mass is 10.1. The van der Waals surface area contributed by atoms with Gasteiger partial charge >= 0.3 is 5.69 Å². The van der Waals surface area contributed by atoms with Gasteiger partial charge in [0.2, 0.25) is 5.72 Å². The lowest BCUT2D eigenvalue weighted by Crippen LogP contribution is -2.43. The summed E-state index contributed by atoms with van der Waals surface area (Å²) in [5.41, 5.74) is 4.39. The molecule has 0 radical (unpaired) electrons. The highest BCUT2D eigenvalue weighted by atomic mass is 19.1. The number of nitrogens with zero attached hydrogens (tertiary/aromatic N) is 4. The van der Waals surface area contributed by atoms with Crippen LogP contribution in [-0.4, -0.2) is 44.4 Å². The van der Waals surface area contributed by atoms with Gasteiger partial charge in [0.15, 0.2) is 12.4 Å². The summed E-state index contributed by atoms with van der Waals surface area (Å²) in [6.45, 7) is -1.02. The standard InChI is InChI=1S/C13H12FN5O6/c14-8-9(21)13(5-20,17-18-15)25-11(8)19-4-6(7-2-1-3-24-7)10(22)16-12(19)23/h1-4,8-9,11,20-21H,5H2,(H,16,22,23)/t8-,9?,11+,13+/m0/s1. The molecule has 3 rings (SSSR count). The fourth-order valence-corrected chi connectivity index (χ4v) is 2.56. The third-order valence-corrected chi connectivity index (χ3v) is 3.83. The van der Waals surface area contributed by atoms with Crippen molar-refractivity contribution in [3.8, 4) is 11.3 Å². The Morgan fingerprint density at radius 3 is 2.88 bits per heavy atom. The van der Waals surface area contributed by atoms with Crippen LogP contribution in [0, 0.1) is 0 Å². The first-order valence-electron chi connectivity index (χ1n) is 7.00. The minimum absolute atomic E-state index is 0.0832. The maximum atomic E-state index is 14.5. The van der Waals surface area contributed by atoms with Crippen molar-refractivity contribution in [2.75, 3.05) is 6.61 Å². The summed E-state index contributed by atoms with van der Waals surface area (Å²) in [4.78, 5) is 28.4. The number of hydrogen-bond acceptors (Lipinski definition) is 7. The maximum absolute atomic E-state index is 14.5. The average Bonchev–Trinajstić information content (AvgIpc) is 3.19. The molecule has 4 atom stereocenters. The van der Waals surface area contributed by atoms with Gasteiger partial charge in [-0.25, -0.2) is 9.18 Å². The molecule has 1 saturated heterocycles. The number of aliphatic hydroxyl groups is 2. The molecule has 0 amide bonds. The molecule has 25 heavy (non-hydrogen) atoms. The number of H-pyrrole nitrogens is 1. The molecule has 12 heteroatoms. The molecule has 0 aromatic carbocycles. The van der Waals surface area contributed by atoms with Gasteiger partial charge < -0.3 is 19.4 Å². The van der Waals surface area contributed by atoms with Crippen LogP contribution in [0.15, 0.2) is 43.7 Å². The average molecular weight is 353 g/mol. The molecule has 132 valence electrons. The minimum Gasteiger partial charge on any atom is -0.464 e. The lowest BCUT2D eigenvalue weighted by Gasteiger charge is -2.23. The van der Waals surface area contributed by atoms with E-state index in [1.54, 1.807) is 0 Å². The number of aromatic amines is 1. The molecule has 1 aliphatic heterocycles. The molecule has 0 bridgehead atoms. The largest absolute Gasteiger partial charge is 0.464 e. The molecule has 0 spiro atoms. The number of nitrogens with one attached hydrogen (secondary N) is 1. The number of furan rings is 1. The molecule has 1 unspecified atom stereocenters. The third-order valence-electron chi connectivity index (χ3n) is 3.83. The lowest BCUT2D eigenvalue weighted by molar-refractivity contribution is -0.124. The second-order valence-electron chi connectivity index (χ2n) is 5.28. The minimum atomic E-state index is -2.29. The van der Waals surface area contributed by atoms with E-state index in [-0.39, 0.29) is 11.3 Å². The third kappa shape index (κ3) is 2.62. The highest BCUT2D eigenvalue weighted by Crippen LogP contribution is 2.39. The van der Waals surface area contributed by atoms with Gasteiger partial charge in [0.25, 0.3) is 5.56 Å². The van der Waals surface area contributed by atoms with Crippen LogP contribution >= 0.6 is 0 Å². The number of alkyl halides is 1. The fourth-order valence-electron chi connectivity index (χ4n) is 2.56. The highest BCUT2D eigenvalue weighted by Gasteiger charge is 2.56. The summed E-state index contributed by atoms with van der Waals surface area (Å²) in [6, 6.07) is 2.96. The van der Waals surface area contributed by atoms with E-state index in [9.17, 15) is 24.2 Å². The Labute approximate surface area is 137 Å². The van der Waals surface area contributed by atoms with Crippen LogP contribution in [0.5, 0.6) is 0 Å². The van der Waals surface area contributed by atoms with Crippen LogP contribution in [0.25, 0.3) is 21.8 Å². The maximum Gasteiger partial charge on any atom is 0.330 e. The molecule has 1 fully saturated rings. The van der Waals surface area contributed by atoms with Crippen LogP contribution in [-0.2, 0) is 4.74 Å². The van der Waals surface area contributed by atoms with Gasteiger partial charge in [0.1, 0.15) is 11.9 Å². The Morgan fingerprint density at radius 2 is 2.28 bits per heavy atom. The van der Waals surface area contributed by atoms with Gasteiger partial charge in [0.05, 0.1) is 18.4 Å². The molecular weight excluding hydrogens is 341 g/mol. The van der Waals surface area contributed by atoms with E-state index in [0.717, 1.165) is 6.20 Å². The van der Waals surface area contributed by atoms with E-state index < -0.39 is 42.1 Å². The molecule has 3 heterocycles. The molecule has 3 N–H and O–H groups in total. The zero-order chi connectivity index (χ0) is 18.2. The number of hydrogen-bond donors (Lipinski definition) is 3. The van der Waals surface area contributed by atoms with Crippen molar-refractivity contribution >= 4 is 0 Å². The van der Waals surface area contributed by atoms with Crippen molar-refractivity contribution in [2.24, 2.45) is 5.11 Å². The van der Waals surface area contributed by atoms with Crippen molar-refractivity contribution in [2.45, 2.75) is 24.2 Å². The molecule has 0 saturated carbocycles. The van der Waals surface area contributed by atoms with Crippen LogP contribution in [0.3, 0.4) is 0 Å². The first kappa shape index (κ1) is 16.9. The predicted molar refractivity (Wildman–Crippen MR) is 79.0 cm³/mol. The van der Waals surface area contributed by atoms with E-state index in [4.69, 9.17) is 14.7 Å². The zero-order valence-corrected chi connectivity index (χ0v) is 12.4. The number of azide groups is 1. The Kier molecular flexibility index (Phi) is 4.18. The van der Waals surface area contributed by atoms with Crippen LogP contribution in [0.1, 0.15) is 6.23 Å². The normalized spacial score (nSPS) is 28.7. The number of aromatic nitrogens is 2. The molecule has 1 aliphatic rings. The SMILES string of the molecule is [N-]=[N+]=N[C@]1(CO)O[C@@H](n2cc(-c3ccco3)c(=O)[nH]c2=O)[C@@H](F)C1O. The molecule has 2 aromatic rings. The van der Waals surface area contributed by atoms with Gasteiger partial charge in [-0.2, -0.15) is 0 Å². The van der Waals surface area contributed by atoms with Gasteiger partial charge in [-0.15, -0.1) is 0 Å². The summed E-state index contributed by atoms with van der Waals surface area (Å²) in [5, 5.41) is 22.4. The second kappa shape index (κ2) is 6.18. The number of halogens is 1. The summed E-state index contributed by atoms with van der Waals surface area (Å²) < 4.78 is 25.4. The number of rotatable bonds is 4. The van der Waals surface area contributed by atoms with Crippen LogP contribution in [0.2, 0.25) is 0 Å². The van der Waals surface area contributed by atoms with Crippen LogP contribution < -0.4 is 11.2 Å². The van der Waals surface area contributed by atoms with Crippen molar-refractivity contribution in [1.82, 2.24) is 9.55 Å². The number of ether oxygens (including phenoxy) is 1. The first-order valence-corrected chi connectivity index (χ1v) is 7.00. The summed E-state index contributed by atoms with van der Waals surface area (Å²) in [6.07, 6.45) is -3.69. The molecule has 0 aliphatic carbocycles. The molecule has 11 nitrogen and oxygen atoms in total. The summed E-state index contributed by atoms with van der Waals surface area (Å²) in [7, 11) is 0. The quantitative estimate of drug-likeness (QED) is 0.398. The second-order valence-corrected chi connectivity index (χ2v) is 5.28. The van der Waals surface area contributed by atoms with E-state index in [1.807, 2.05) is 4.98 Å². The summed E-state index contributed by atoms with van der Waals surface area (Å²) in [5.74, 6) is 0.118. The fraction of sp³-hybridized carbons (Fsp3) is 0.385. The Balaban J connectivity index is 2.11. The molecule has 2 aromatic heterocycles. The Morgan fingerprint density at radius 1 is 1.52 bits per heavy atom. The smallest absolute Gasteiger partial charge is 0.330 e. The number of aliphatic hydroxyl groups excluding tert-OH is 2. The van der Waals surface area contributed by atoms with Gasteiger partial charge in [-0.3, -0.25) is 14.3 Å². The van der Waals surface area contributed by atoms with Crippen molar-refractivity contribution < 1.29 is 23.8 Å². The van der Waals surface area contributed by atoms with Gasteiger partial charge in [-0.05, 0) is 17.7 Å². The Hall–Kier alpha value is -2.92. The van der Waals surface area contributed by atoms with E-state index in [2.05, 4.69) is 10.0 Å². The van der Waals surface area contributed by atoms with Gasteiger partial charge in [-0.1, -0.05) is 5.11 Å². The molecular formula is C13H12FN5O6. The first-order chi connectivity index (χ1) is 11.9. The van der Waals surface area contributed by atoms with Crippen molar-refractivity contribution in [3.05, 3.63) is 55.9 Å². The van der Waals surface area contributed by atoms with E-state index in [1.165, 1.54) is 18.4 Å². The van der Waals surface area contributed by atoms with E-state index >= 15 is 0 Å². The predicted octanol–water partition coefficient (Wildman–Crippen LogP) is 0.0233.